The molecule has 136 valence electrons. The molecule has 1 aromatic heterocycles. The summed E-state index contributed by atoms with van der Waals surface area (Å²) in [4.78, 5) is 11.4. The number of aliphatic imine (C=N–C) groups is 1. The average molecular weight is 466 g/mol. The summed E-state index contributed by atoms with van der Waals surface area (Å²) in [5.74, 6) is 0.900. The van der Waals surface area contributed by atoms with Crippen LogP contribution in [0.5, 0.6) is 0 Å². The molecule has 1 aromatic rings. The van der Waals surface area contributed by atoms with Crippen LogP contribution in [0.15, 0.2) is 23.3 Å². The van der Waals surface area contributed by atoms with Gasteiger partial charge in [-0.1, -0.05) is 24.6 Å². The maximum absolute atomic E-state index is 5.80. The number of likely N-dealkylation sites (tertiary alicyclic amines) is 1. The summed E-state index contributed by atoms with van der Waals surface area (Å²) in [5, 5.41) is 7.25. The Kier molecular flexibility index (Phi) is 10.6. The predicted octanol–water partition coefficient (Wildman–Crippen LogP) is 2.93. The number of halogens is 2. The summed E-state index contributed by atoms with van der Waals surface area (Å²) in [6.45, 7) is 9.22. The molecule has 0 saturated carbocycles. The van der Waals surface area contributed by atoms with Crippen molar-refractivity contribution in [2.45, 2.75) is 39.2 Å². The first-order valence-electron chi connectivity index (χ1n) is 8.59. The molecule has 0 spiro atoms. The van der Waals surface area contributed by atoms with Gasteiger partial charge in [0, 0.05) is 25.3 Å². The maximum Gasteiger partial charge on any atom is 0.191 e. The van der Waals surface area contributed by atoms with Gasteiger partial charge in [0.05, 0.1) is 6.54 Å². The first kappa shape index (κ1) is 21.4. The van der Waals surface area contributed by atoms with Gasteiger partial charge in [0.2, 0.25) is 0 Å². The van der Waals surface area contributed by atoms with Crippen LogP contribution in [0.4, 0.5) is 0 Å². The largest absolute Gasteiger partial charge is 0.357 e. The molecule has 0 bridgehead atoms. The van der Waals surface area contributed by atoms with E-state index in [1.807, 2.05) is 18.3 Å². The Balaban J connectivity index is 0.00000288. The van der Waals surface area contributed by atoms with E-state index in [1.54, 1.807) is 0 Å². The number of nitrogens with zero attached hydrogens (tertiary/aromatic N) is 3. The van der Waals surface area contributed by atoms with Crippen LogP contribution >= 0.6 is 35.6 Å². The normalized spacial score (nSPS) is 18.3. The summed E-state index contributed by atoms with van der Waals surface area (Å²) >= 11 is 5.80. The lowest BCUT2D eigenvalue weighted by Gasteiger charge is -2.21. The number of pyridine rings is 1. The third-order valence-corrected chi connectivity index (χ3v) is 4.43. The molecule has 7 heteroatoms. The molecule has 24 heavy (non-hydrogen) atoms. The third kappa shape index (κ3) is 7.11. The van der Waals surface area contributed by atoms with Gasteiger partial charge in [-0.25, -0.2) is 4.98 Å². The lowest BCUT2D eigenvalue weighted by molar-refractivity contribution is 0.273. The molecule has 2 rings (SSSR count). The molecule has 5 nitrogen and oxygen atoms in total. The maximum atomic E-state index is 5.80. The molecule has 1 fully saturated rings. The zero-order valence-electron chi connectivity index (χ0n) is 14.6. The zero-order chi connectivity index (χ0) is 16.5. The Hall–Kier alpha value is -0.600. The minimum atomic E-state index is 0. The molecule has 0 aliphatic carbocycles. The monoisotopic (exact) mass is 465 g/mol. The van der Waals surface area contributed by atoms with Crippen LogP contribution in [0, 0.1) is 0 Å². The third-order valence-electron chi connectivity index (χ3n) is 4.20. The Bertz CT molecular complexity index is 494. The van der Waals surface area contributed by atoms with Crippen molar-refractivity contribution in [1.82, 2.24) is 20.5 Å². The minimum Gasteiger partial charge on any atom is -0.357 e. The van der Waals surface area contributed by atoms with Crippen LogP contribution < -0.4 is 10.6 Å². The molecule has 2 heterocycles. The van der Waals surface area contributed by atoms with Gasteiger partial charge < -0.3 is 10.6 Å². The Morgan fingerprint density at radius 1 is 1.38 bits per heavy atom. The van der Waals surface area contributed by atoms with Gasteiger partial charge in [-0.2, -0.15) is 0 Å². The second kappa shape index (κ2) is 11.9. The molecule has 0 amide bonds. The molecular weight excluding hydrogens is 437 g/mol. The van der Waals surface area contributed by atoms with Crippen LogP contribution in [-0.4, -0.2) is 54.6 Å². The highest BCUT2D eigenvalue weighted by atomic mass is 127. The van der Waals surface area contributed by atoms with Crippen molar-refractivity contribution >= 4 is 41.5 Å². The lowest BCUT2D eigenvalue weighted by atomic mass is 10.2. The number of likely N-dealkylation sites (N-methyl/N-ethyl adjacent to an activating group) is 1. The highest BCUT2D eigenvalue weighted by Gasteiger charge is 2.22. The summed E-state index contributed by atoms with van der Waals surface area (Å²) in [7, 11) is 0. The number of hydrogen-bond acceptors (Lipinski definition) is 3. The van der Waals surface area contributed by atoms with E-state index in [9.17, 15) is 0 Å². The minimum absolute atomic E-state index is 0. The van der Waals surface area contributed by atoms with Crippen molar-refractivity contribution in [2.24, 2.45) is 4.99 Å². The number of guanidine groups is 1. The molecule has 1 aliphatic rings. The summed E-state index contributed by atoms with van der Waals surface area (Å²) in [6.07, 6.45) is 5.28. The second-order valence-electron chi connectivity index (χ2n) is 5.81. The van der Waals surface area contributed by atoms with Gasteiger partial charge in [-0.15, -0.1) is 24.0 Å². The topological polar surface area (TPSA) is 52.6 Å². The van der Waals surface area contributed by atoms with Crippen molar-refractivity contribution in [3.63, 3.8) is 0 Å². The summed E-state index contributed by atoms with van der Waals surface area (Å²) in [5.41, 5.74) is 1.17. The van der Waals surface area contributed by atoms with Gasteiger partial charge in [-0.3, -0.25) is 9.89 Å². The number of rotatable bonds is 7. The van der Waals surface area contributed by atoms with Gasteiger partial charge in [0.15, 0.2) is 5.96 Å². The van der Waals surface area contributed by atoms with Crippen molar-refractivity contribution in [3.05, 3.63) is 29.0 Å². The SMILES string of the molecule is CCNC(=NCC1CCCN1CC)NCCc1ccc(Cl)nc1.I. The van der Waals surface area contributed by atoms with Gasteiger partial charge in [0.25, 0.3) is 0 Å². The lowest BCUT2D eigenvalue weighted by Crippen LogP contribution is -2.40. The van der Waals surface area contributed by atoms with Crippen molar-refractivity contribution in [2.75, 3.05) is 32.7 Å². The highest BCUT2D eigenvalue weighted by Crippen LogP contribution is 2.16. The van der Waals surface area contributed by atoms with Crippen molar-refractivity contribution < 1.29 is 0 Å². The molecule has 0 radical (unpaired) electrons. The fourth-order valence-corrected chi connectivity index (χ4v) is 3.05. The predicted molar refractivity (Wildman–Crippen MR) is 113 cm³/mol. The van der Waals surface area contributed by atoms with Crippen LogP contribution in [-0.2, 0) is 6.42 Å². The Morgan fingerprint density at radius 3 is 2.88 bits per heavy atom. The first-order valence-corrected chi connectivity index (χ1v) is 8.97. The van der Waals surface area contributed by atoms with Crippen LogP contribution in [0.25, 0.3) is 0 Å². The molecule has 2 N–H and O–H groups in total. The molecule has 1 aliphatic heterocycles. The van der Waals surface area contributed by atoms with Crippen molar-refractivity contribution in [3.8, 4) is 0 Å². The molecule has 1 unspecified atom stereocenters. The number of nitrogens with one attached hydrogen (secondary N) is 2. The molecule has 1 saturated heterocycles. The Morgan fingerprint density at radius 2 is 2.21 bits per heavy atom. The quantitative estimate of drug-likeness (QED) is 0.281. The van der Waals surface area contributed by atoms with Crippen LogP contribution in [0.3, 0.4) is 0 Å². The fraction of sp³-hybridized carbons (Fsp3) is 0.647. The first-order chi connectivity index (χ1) is 11.2. The average Bonchev–Trinajstić information content (AvgIpc) is 3.02. The fourth-order valence-electron chi connectivity index (χ4n) is 2.94. The van der Waals surface area contributed by atoms with E-state index in [4.69, 9.17) is 16.6 Å². The van der Waals surface area contributed by atoms with E-state index in [0.29, 0.717) is 11.2 Å². The number of hydrogen-bond donors (Lipinski definition) is 2. The van der Waals surface area contributed by atoms with Gasteiger partial charge >= 0.3 is 0 Å². The van der Waals surface area contributed by atoms with Gasteiger partial charge in [0.1, 0.15) is 5.15 Å². The zero-order valence-corrected chi connectivity index (χ0v) is 17.7. The summed E-state index contributed by atoms with van der Waals surface area (Å²) in [6, 6.07) is 4.44. The van der Waals surface area contributed by atoms with Crippen LogP contribution in [0.2, 0.25) is 5.15 Å². The highest BCUT2D eigenvalue weighted by molar-refractivity contribution is 14.0. The molecule has 0 aromatic carbocycles. The van der Waals surface area contributed by atoms with E-state index < -0.39 is 0 Å². The standard InChI is InChI=1S/C17H28ClN5.HI/c1-3-19-17(22-13-15-6-5-11-23(15)4-2)20-10-9-14-7-8-16(18)21-12-14;/h7-8,12,15H,3-6,9-11,13H2,1-2H3,(H2,19,20,22);1H. The molecule has 1 atom stereocenters. The van der Waals surface area contributed by atoms with Crippen molar-refractivity contribution in [1.29, 1.82) is 0 Å². The van der Waals surface area contributed by atoms with E-state index in [0.717, 1.165) is 38.6 Å². The van der Waals surface area contributed by atoms with E-state index in [2.05, 4.69) is 34.4 Å². The van der Waals surface area contributed by atoms with E-state index in [-0.39, 0.29) is 24.0 Å². The Labute approximate surface area is 167 Å². The summed E-state index contributed by atoms with van der Waals surface area (Å²) < 4.78 is 0. The number of aromatic nitrogens is 1. The van der Waals surface area contributed by atoms with E-state index >= 15 is 0 Å². The van der Waals surface area contributed by atoms with E-state index in [1.165, 1.54) is 24.9 Å². The smallest absolute Gasteiger partial charge is 0.191 e. The van der Waals surface area contributed by atoms with Crippen LogP contribution in [0.1, 0.15) is 32.3 Å². The second-order valence-corrected chi connectivity index (χ2v) is 6.20. The molecular formula is C17H29ClIN5. The van der Waals surface area contributed by atoms with Gasteiger partial charge in [-0.05, 0) is 50.9 Å².